The summed E-state index contributed by atoms with van der Waals surface area (Å²) < 4.78 is 1.55. The molecule has 0 radical (unpaired) electrons. The maximum Gasteiger partial charge on any atom is 0.160 e. The fourth-order valence-electron chi connectivity index (χ4n) is 1.40. The minimum Gasteiger partial charge on any atom is -0.380 e. The van der Waals surface area contributed by atoms with Crippen molar-refractivity contribution >= 4 is 0 Å². The van der Waals surface area contributed by atoms with Crippen molar-refractivity contribution in [1.82, 2.24) is 14.8 Å². The molecule has 3 N–H and O–H groups in total. The molecule has 5 heteroatoms. The average molecular weight is 198 g/mol. The van der Waals surface area contributed by atoms with E-state index in [9.17, 15) is 5.11 Å². The quantitative estimate of drug-likeness (QED) is 0.701. The summed E-state index contributed by atoms with van der Waals surface area (Å²) in [5.74, 6) is 0.507. The Kier molecular flexibility index (Phi) is 2.65. The predicted octanol–water partition coefficient (Wildman–Crippen LogP) is 0.00750. The van der Waals surface area contributed by atoms with Crippen molar-refractivity contribution in [2.24, 2.45) is 18.2 Å². The molecule has 0 aromatic carbocycles. The van der Waals surface area contributed by atoms with Gasteiger partial charge in [0.1, 0.15) is 11.9 Å². The van der Waals surface area contributed by atoms with E-state index in [1.54, 1.807) is 11.7 Å². The third-order valence-corrected chi connectivity index (χ3v) is 2.62. The van der Waals surface area contributed by atoms with Crippen LogP contribution < -0.4 is 5.73 Å². The molecule has 0 spiro atoms. The van der Waals surface area contributed by atoms with Gasteiger partial charge in [0.2, 0.25) is 0 Å². The highest BCUT2D eigenvalue weighted by Gasteiger charge is 2.43. The maximum absolute atomic E-state index is 10.4. The molecule has 0 fully saturated rings. The first-order chi connectivity index (χ1) is 6.33. The van der Waals surface area contributed by atoms with Crippen LogP contribution in [0.4, 0.5) is 0 Å². The van der Waals surface area contributed by atoms with Crippen molar-refractivity contribution in [3.63, 3.8) is 0 Å². The third kappa shape index (κ3) is 1.53. The largest absolute Gasteiger partial charge is 0.380 e. The molecule has 5 nitrogen and oxygen atoms in total. The molecule has 0 saturated heterocycles. The molecule has 14 heavy (non-hydrogen) atoms. The second-order valence-corrected chi connectivity index (χ2v) is 4.52. The summed E-state index contributed by atoms with van der Waals surface area (Å²) in [6.07, 6.45) is 1.42. The average Bonchev–Trinajstić information content (AvgIpc) is 2.48. The second kappa shape index (κ2) is 3.33. The number of hydrogen-bond acceptors (Lipinski definition) is 4. The van der Waals surface area contributed by atoms with Crippen LogP contribution in [0.15, 0.2) is 6.33 Å². The highest BCUT2D eigenvalue weighted by Crippen LogP contribution is 2.36. The molecule has 1 aromatic rings. The van der Waals surface area contributed by atoms with Crippen LogP contribution in [0, 0.1) is 5.41 Å². The van der Waals surface area contributed by atoms with Crippen molar-refractivity contribution in [3.8, 4) is 0 Å². The van der Waals surface area contributed by atoms with Gasteiger partial charge in [-0.2, -0.15) is 5.10 Å². The number of nitrogens with zero attached hydrogens (tertiary/aromatic N) is 3. The minimum absolute atomic E-state index is 0.128. The van der Waals surface area contributed by atoms with Crippen LogP contribution in [0.5, 0.6) is 0 Å². The fraction of sp³-hybridized carbons (Fsp3) is 0.778. The second-order valence-electron chi connectivity index (χ2n) is 4.52. The number of aryl methyl sites for hydroxylation is 1. The van der Waals surface area contributed by atoms with Crippen LogP contribution in [-0.4, -0.2) is 26.4 Å². The summed E-state index contributed by atoms with van der Waals surface area (Å²) >= 11 is 0. The summed E-state index contributed by atoms with van der Waals surface area (Å²) in [4.78, 5) is 4.05. The molecular formula is C9H18N4O. The Hall–Kier alpha value is -0.940. The molecule has 1 unspecified atom stereocenters. The summed E-state index contributed by atoms with van der Waals surface area (Å²) in [5, 5.41) is 14.4. The van der Waals surface area contributed by atoms with E-state index in [0.717, 1.165) is 0 Å². The standard InChI is InChI=1S/C9H18N4O/c1-8(2,3)9(14,5-10)7-11-6-12-13(7)4/h6,14H,5,10H2,1-4H3. The Labute approximate surface area is 83.9 Å². The molecule has 0 bridgehead atoms. The van der Waals surface area contributed by atoms with Crippen LogP contribution in [-0.2, 0) is 12.6 Å². The zero-order valence-corrected chi connectivity index (χ0v) is 9.15. The molecule has 0 aliphatic carbocycles. The molecular weight excluding hydrogens is 180 g/mol. The van der Waals surface area contributed by atoms with Gasteiger partial charge >= 0.3 is 0 Å². The Balaban J connectivity index is 3.22. The van der Waals surface area contributed by atoms with Gasteiger partial charge in [-0.05, 0) is 5.41 Å². The Morgan fingerprint density at radius 3 is 2.36 bits per heavy atom. The lowest BCUT2D eigenvalue weighted by molar-refractivity contribution is -0.0656. The first kappa shape index (κ1) is 11.1. The first-order valence-electron chi connectivity index (χ1n) is 4.60. The highest BCUT2D eigenvalue weighted by atomic mass is 16.3. The molecule has 80 valence electrons. The van der Waals surface area contributed by atoms with E-state index in [4.69, 9.17) is 5.73 Å². The maximum atomic E-state index is 10.4. The topological polar surface area (TPSA) is 77.0 Å². The third-order valence-electron chi connectivity index (χ3n) is 2.62. The highest BCUT2D eigenvalue weighted by molar-refractivity contribution is 5.07. The van der Waals surface area contributed by atoms with Crippen LogP contribution in [0.2, 0.25) is 0 Å². The van der Waals surface area contributed by atoms with Gasteiger partial charge in [0.05, 0.1) is 0 Å². The van der Waals surface area contributed by atoms with Gasteiger partial charge in [-0.1, -0.05) is 20.8 Å². The van der Waals surface area contributed by atoms with Crippen molar-refractivity contribution in [2.75, 3.05) is 6.54 Å². The Bertz CT molecular complexity index is 315. The van der Waals surface area contributed by atoms with Gasteiger partial charge in [-0.3, -0.25) is 4.68 Å². The number of nitrogens with two attached hydrogens (primary N) is 1. The molecule has 0 saturated carbocycles. The fourth-order valence-corrected chi connectivity index (χ4v) is 1.40. The van der Waals surface area contributed by atoms with E-state index >= 15 is 0 Å². The summed E-state index contributed by atoms with van der Waals surface area (Å²) in [7, 11) is 1.74. The van der Waals surface area contributed by atoms with Crippen LogP contribution in [0.25, 0.3) is 0 Å². The SMILES string of the molecule is Cn1ncnc1C(O)(CN)C(C)(C)C. The van der Waals surface area contributed by atoms with Gasteiger partial charge in [0.15, 0.2) is 5.82 Å². The van der Waals surface area contributed by atoms with Crippen molar-refractivity contribution in [3.05, 3.63) is 12.2 Å². The molecule has 0 amide bonds. The summed E-state index contributed by atoms with van der Waals surface area (Å²) in [6, 6.07) is 0. The minimum atomic E-state index is -1.14. The zero-order valence-electron chi connectivity index (χ0n) is 9.15. The molecule has 1 rings (SSSR count). The smallest absolute Gasteiger partial charge is 0.160 e. The molecule has 1 heterocycles. The molecule has 0 aliphatic rings. The van der Waals surface area contributed by atoms with Gasteiger partial charge in [0, 0.05) is 13.6 Å². The van der Waals surface area contributed by atoms with Crippen LogP contribution in [0.1, 0.15) is 26.6 Å². The first-order valence-corrected chi connectivity index (χ1v) is 4.60. The molecule has 1 atom stereocenters. The Morgan fingerprint density at radius 1 is 1.50 bits per heavy atom. The van der Waals surface area contributed by atoms with Gasteiger partial charge in [-0.15, -0.1) is 0 Å². The van der Waals surface area contributed by atoms with E-state index in [2.05, 4.69) is 10.1 Å². The zero-order chi connectivity index (χ0) is 11.0. The van der Waals surface area contributed by atoms with Gasteiger partial charge in [-0.25, -0.2) is 4.98 Å². The lowest BCUT2D eigenvalue weighted by Crippen LogP contribution is -2.48. The summed E-state index contributed by atoms with van der Waals surface area (Å²) in [5.41, 5.74) is 4.11. The summed E-state index contributed by atoms with van der Waals surface area (Å²) in [6.45, 7) is 5.90. The van der Waals surface area contributed by atoms with Gasteiger partial charge in [0.25, 0.3) is 0 Å². The lowest BCUT2D eigenvalue weighted by Gasteiger charge is -2.38. The number of aliphatic hydroxyl groups is 1. The molecule has 0 aliphatic heterocycles. The van der Waals surface area contributed by atoms with E-state index in [0.29, 0.717) is 5.82 Å². The van der Waals surface area contributed by atoms with Gasteiger partial charge < -0.3 is 10.8 Å². The van der Waals surface area contributed by atoms with E-state index < -0.39 is 5.60 Å². The lowest BCUT2D eigenvalue weighted by atomic mass is 9.76. The number of hydrogen-bond donors (Lipinski definition) is 2. The van der Waals surface area contributed by atoms with Crippen molar-refractivity contribution < 1.29 is 5.11 Å². The van der Waals surface area contributed by atoms with E-state index in [1.807, 2.05) is 20.8 Å². The number of aromatic nitrogens is 3. The monoisotopic (exact) mass is 198 g/mol. The van der Waals surface area contributed by atoms with Crippen LogP contribution >= 0.6 is 0 Å². The van der Waals surface area contributed by atoms with Crippen LogP contribution in [0.3, 0.4) is 0 Å². The van der Waals surface area contributed by atoms with E-state index in [1.165, 1.54) is 6.33 Å². The number of rotatable bonds is 2. The van der Waals surface area contributed by atoms with E-state index in [-0.39, 0.29) is 12.0 Å². The normalized spacial score (nSPS) is 16.7. The predicted molar refractivity (Wildman–Crippen MR) is 53.4 cm³/mol. The Morgan fingerprint density at radius 2 is 2.07 bits per heavy atom. The molecule has 1 aromatic heterocycles. The van der Waals surface area contributed by atoms with Crippen molar-refractivity contribution in [2.45, 2.75) is 26.4 Å². The van der Waals surface area contributed by atoms with Crippen molar-refractivity contribution in [1.29, 1.82) is 0 Å².